The molecule has 0 saturated carbocycles. The number of pyridine rings is 1. The summed E-state index contributed by atoms with van der Waals surface area (Å²) in [4.78, 5) is 4.18. The number of hydrogen-bond acceptors (Lipinski definition) is 3. The molecule has 1 heterocycles. The number of hydrogen-bond donors (Lipinski definition) is 2. The Bertz CT molecular complexity index is 309. The van der Waals surface area contributed by atoms with Crippen LogP contribution in [0.3, 0.4) is 0 Å². The number of amidine groups is 1. The number of thioether (sulfide) groups is 1. The summed E-state index contributed by atoms with van der Waals surface area (Å²) in [6, 6.07) is 3.61. The molecule has 4 heteroatoms. The van der Waals surface area contributed by atoms with Crippen LogP contribution in [0.5, 0.6) is 0 Å². The Morgan fingerprint density at radius 3 is 2.85 bits per heavy atom. The van der Waals surface area contributed by atoms with Gasteiger partial charge >= 0.3 is 0 Å². The number of nitrogen functional groups attached to an aromatic ring is 1. The van der Waals surface area contributed by atoms with Gasteiger partial charge in [-0.2, -0.15) is 0 Å². The molecular formula is C9H13N3S. The predicted octanol–water partition coefficient (Wildman–Crippen LogP) is 1.87. The van der Waals surface area contributed by atoms with Crippen molar-refractivity contribution in [2.24, 2.45) is 5.73 Å². The van der Waals surface area contributed by atoms with Gasteiger partial charge in [0.25, 0.3) is 0 Å². The lowest BCUT2D eigenvalue weighted by Crippen LogP contribution is -2.13. The largest absolute Gasteiger partial charge is 0.384 e. The first-order valence-electron chi connectivity index (χ1n) is 4.07. The van der Waals surface area contributed by atoms with E-state index in [0.717, 1.165) is 10.6 Å². The average Bonchev–Trinajstić information content (AvgIpc) is 2.03. The molecule has 0 amide bonds. The molecule has 0 atom stereocenters. The molecule has 0 radical (unpaired) electrons. The lowest BCUT2D eigenvalue weighted by molar-refractivity contribution is 1.06. The standard InChI is InChI=1S/C9H13N3S/c1-6(2)13-9-7(8(10)11)4-3-5-12-9/h3-6H,1-2H3,(H3,10,11). The van der Waals surface area contributed by atoms with Crippen LogP contribution in [0.15, 0.2) is 23.4 Å². The van der Waals surface area contributed by atoms with Gasteiger partial charge in [0, 0.05) is 17.0 Å². The average molecular weight is 195 g/mol. The Morgan fingerprint density at radius 1 is 1.62 bits per heavy atom. The van der Waals surface area contributed by atoms with E-state index >= 15 is 0 Å². The van der Waals surface area contributed by atoms with Crippen molar-refractivity contribution in [2.45, 2.75) is 24.1 Å². The minimum Gasteiger partial charge on any atom is -0.384 e. The highest BCUT2D eigenvalue weighted by molar-refractivity contribution is 7.99. The number of rotatable bonds is 3. The van der Waals surface area contributed by atoms with E-state index < -0.39 is 0 Å². The van der Waals surface area contributed by atoms with Gasteiger partial charge in [-0.25, -0.2) is 4.98 Å². The topological polar surface area (TPSA) is 62.8 Å². The fourth-order valence-corrected chi connectivity index (χ4v) is 1.79. The third-order valence-corrected chi connectivity index (χ3v) is 2.43. The lowest BCUT2D eigenvalue weighted by atomic mass is 10.3. The summed E-state index contributed by atoms with van der Waals surface area (Å²) in [6.45, 7) is 4.17. The van der Waals surface area contributed by atoms with Crippen LogP contribution >= 0.6 is 11.8 Å². The summed E-state index contributed by atoms with van der Waals surface area (Å²) in [5, 5.41) is 8.63. The predicted molar refractivity (Wildman–Crippen MR) is 56.2 cm³/mol. The number of nitrogens with zero attached hydrogens (tertiary/aromatic N) is 1. The van der Waals surface area contributed by atoms with Gasteiger partial charge in [-0.15, -0.1) is 11.8 Å². The van der Waals surface area contributed by atoms with Crippen molar-refractivity contribution in [1.82, 2.24) is 4.98 Å². The molecule has 1 aromatic rings. The Kier molecular flexibility index (Phi) is 3.31. The van der Waals surface area contributed by atoms with Crippen LogP contribution < -0.4 is 5.73 Å². The summed E-state index contributed by atoms with van der Waals surface area (Å²) in [6.07, 6.45) is 1.72. The minimum absolute atomic E-state index is 0.0799. The quantitative estimate of drug-likeness (QED) is 0.439. The van der Waals surface area contributed by atoms with Crippen LogP contribution in [-0.2, 0) is 0 Å². The van der Waals surface area contributed by atoms with E-state index in [1.807, 2.05) is 6.07 Å². The van der Waals surface area contributed by atoms with Crippen LogP contribution in [-0.4, -0.2) is 16.1 Å². The molecule has 0 unspecified atom stereocenters. The number of aromatic nitrogens is 1. The van der Waals surface area contributed by atoms with E-state index in [1.54, 1.807) is 24.0 Å². The highest BCUT2D eigenvalue weighted by Crippen LogP contribution is 2.23. The van der Waals surface area contributed by atoms with Crippen LogP contribution in [0.2, 0.25) is 0 Å². The molecule has 3 N–H and O–H groups in total. The molecular weight excluding hydrogens is 182 g/mol. The van der Waals surface area contributed by atoms with Gasteiger partial charge < -0.3 is 5.73 Å². The molecule has 3 nitrogen and oxygen atoms in total. The van der Waals surface area contributed by atoms with Gasteiger partial charge in [0.05, 0.1) is 0 Å². The van der Waals surface area contributed by atoms with E-state index in [2.05, 4.69) is 18.8 Å². The number of nitrogens with two attached hydrogens (primary N) is 1. The van der Waals surface area contributed by atoms with Gasteiger partial charge in [-0.05, 0) is 12.1 Å². The van der Waals surface area contributed by atoms with Crippen LogP contribution in [0.1, 0.15) is 19.4 Å². The first kappa shape index (κ1) is 10.1. The van der Waals surface area contributed by atoms with Crippen molar-refractivity contribution in [3.63, 3.8) is 0 Å². The molecule has 1 rings (SSSR count). The van der Waals surface area contributed by atoms with Crippen molar-refractivity contribution < 1.29 is 0 Å². The minimum atomic E-state index is 0.0799. The molecule has 0 aliphatic heterocycles. The number of nitrogens with one attached hydrogen (secondary N) is 1. The molecule has 70 valence electrons. The van der Waals surface area contributed by atoms with E-state index in [4.69, 9.17) is 11.1 Å². The van der Waals surface area contributed by atoms with Crippen molar-refractivity contribution in [2.75, 3.05) is 0 Å². The van der Waals surface area contributed by atoms with Gasteiger partial charge in [0.1, 0.15) is 10.9 Å². The molecule has 1 aromatic heterocycles. The maximum Gasteiger partial charge on any atom is 0.125 e. The van der Waals surface area contributed by atoms with E-state index in [-0.39, 0.29) is 5.84 Å². The van der Waals surface area contributed by atoms with Crippen molar-refractivity contribution >= 4 is 17.6 Å². The van der Waals surface area contributed by atoms with E-state index in [0.29, 0.717) is 5.25 Å². The second-order valence-electron chi connectivity index (χ2n) is 2.94. The molecule has 13 heavy (non-hydrogen) atoms. The van der Waals surface area contributed by atoms with E-state index in [9.17, 15) is 0 Å². The van der Waals surface area contributed by atoms with Gasteiger partial charge in [0.15, 0.2) is 0 Å². The second kappa shape index (κ2) is 4.28. The molecule has 0 saturated heterocycles. The maximum atomic E-state index is 7.34. The van der Waals surface area contributed by atoms with Gasteiger partial charge in [0.2, 0.25) is 0 Å². The molecule has 0 aliphatic rings. The molecule has 0 aliphatic carbocycles. The molecule has 0 aromatic carbocycles. The Labute approximate surface area is 82.3 Å². The molecule has 0 spiro atoms. The summed E-state index contributed by atoms with van der Waals surface area (Å²) in [5.41, 5.74) is 6.14. The van der Waals surface area contributed by atoms with Crippen molar-refractivity contribution in [3.8, 4) is 0 Å². The Balaban J connectivity index is 2.98. The lowest BCUT2D eigenvalue weighted by Gasteiger charge is -2.07. The molecule has 0 bridgehead atoms. The van der Waals surface area contributed by atoms with Gasteiger partial charge in [-0.3, -0.25) is 5.41 Å². The third-order valence-electron chi connectivity index (χ3n) is 1.41. The Morgan fingerprint density at radius 2 is 2.31 bits per heavy atom. The maximum absolute atomic E-state index is 7.34. The normalized spacial score (nSPS) is 10.4. The Hall–Kier alpha value is -1.03. The summed E-state index contributed by atoms with van der Waals surface area (Å²) in [7, 11) is 0. The summed E-state index contributed by atoms with van der Waals surface area (Å²) in [5.74, 6) is 0.0799. The van der Waals surface area contributed by atoms with Crippen molar-refractivity contribution in [1.29, 1.82) is 5.41 Å². The van der Waals surface area contributed by atoms with Crippen LogP contribution in [0, 0.1) is 5.41 Å². The fourth-order valence-electron chi connectivity index (χ4n) is 0.913. The monoisotopic (exact) mass is 195 g/mol. The van der Waals surface area contributed by atoms with Crippen LogP contribution in [0.25, 0.3) is 0 Å². The van der Waals surface area contributed by atoms with E-state index in [1.165, 1.54) is 0 Å². The zero-order valence-corrected chi connectivity index (χ0v) is 8.56. The summed E-state index contributed by atoms with van der Waals surface area (Å²) >= 11 is 1.62. The fraction of sp³-hybridized carbons (Fsp3) is 0.333. The van der Waals surface area contributed by atoms with Crippen LogP contribution in [0.4, 0.5) is 0 Å². The first-order valence-corrected chi connectivity index (χ1v) is 4.95. The molecule has 0 fully saturated rings. The zero-order chi connectivity index (χ0) is 9.84. The summed E-state index contributed by atoms with van der Waals surface area (Å²) < 4.78 is 0. The van der Waals surface area contributed by atoms with Gasteiger partial charge in [-0.1, -0.05) is 13.8 Å². The smallest absolute Gasteiger partial charge is 0.125 e. The third kappa shape index (κ3) is 2.73. The zero-order valence-electron chi connectivity index (χ0n) is 7.74. The highest BCUT2D eigenvalue weighted by Gasteiger charge is 2.07. The van der Waals surface area contributed by atoms with Crippen molar-refractivity contribution in [3.05, 3.63) is 23.9 Å². The SMILES string of the molecule is CC(C)Sc1ncccc1C(=N)N. The first-order chi connectivity index (χ1) is 6.11. The second-order valence-corrected chi connectivity index (χ2v) is 4.50. The highest BCUT2D eigenvalue weighted by atomic mass is 32.2.